The Morgan fingerprint density at radius 1 is 1.31 bits per heavy atom. The Balaban J connectivity index is 3.85. The first-order valence-electron chi connectivity index (χ1n) is 3.97. The first-order chi connectivity index (χ1) is 6.15. The Morgan fingerprint density at radius 3 is 2.31 bits per heavy atom. The summed E-state index contributed by atoms with van der Waals surface area (Å²) in [4.78, 5) is 21.7. The molecule has 0 aromatic carbocycles. The molecule has 0 amide bonds. The fourth-order valence-corrected chi connectivity index (χ4v) is 0.887. The van der Waals surface area contributed by atoms with E-state index in [0.29, 0.717) is 6.42 Å². The second-order valence-electron chi connectivity index (χ2n) is 2.48. The predicted molar refractivity (Wildman–Crippen MR) is 46.1 cm³/mol. The molecular weight excluding hydrogens is 174 g/mol. The molecule has 0 saturated heterocycles. The summed E-state index contributed by atoms with van der Waals surface area (Å²) in [6.07, 6.45) is 0.590. The lowest BCUT2D eigenvalue weighted by Gasteiger charge is -2.11. The molecule has 0 spiro atoms. The molecule has 0 saturated carbocycles. The van der Waals surface area contributed by atoms with E-state index < -0.39 is 6.04 Å². The summed E-state index contributed by atoms with van der Waals surface area (Å²) in [5, 5.41) is 2.75. The molecule has 1 N–H and O–H groups in total. The summed E-state index contributed by atoms with van der Waals surface area (Å²) in [6, 6.07) is -0.441. The van der Waals surface area contributed by atoms with Crippen LogP contribution in [-0.2, 0) is 19.1 Å². The van der Waals surface area contributed by atoms with Gasteiger partial charge in [0.05, 0.1) is 14.2 Å². The molecule has 0 aliphatic carbocycles. The molecule has 0 aromatic heterocycles. The number of ether oxygens (including phenoxy) is 2. The van der Waals surface area contributed by atoms with Crippen molar-refractivity contribution in [2.45, 2.75) is 18.9 Å². The van der Waals surface area contributed by atoms with Gasteiger partial charge < -0.3 is 14.8 Å². The minimum absolute atomic E-state index is 0.205. The van der Waals surface area contributed by atoms with Crippen molar-refractivity contribution in [1.82, 2.24) is 5.32 Å². The molecule has 0 heterocycles. The number of carbonyl (C=O) groups is 2. The van der Waals surface area contributed by atoms with E-state index in [2.05, 4.69) is 14.8 Å². The fraction of sp³-hybridized carbons (Fsp3) is 0.750. The van der Waals surface area contributed by atoms with E-state index in [1.165, 1.54) is 14.2 Å². The molecule has 0 fully saturated rings. The number of rotatable bonds is 5. The van der Waals surface area contributed by atoms with Gasteiger partial charge in [-0.25, -0.2) is 0 Å². The van der Waals surface area contributed by atoms with Crippen molar-refractivity contribution in [2.24, 2.45) is 0 Å². The van der Waals surface area contributed by atoms with Gasteiger partial charge in [0.15, 0.2) is 0 Å². The topological polar surface area (TPSA) is 64.6 Å². The summed E-state index contributed by atoms with van der Waals surface area (Å²) in [5.41, 5.74) is 0. The molecule has 76 valence electrons. The Hall–Kier alpha value is -1.10. The highest BCUT2D eigenvalue weighted by Crippen LogP contribution is 2.00. The second kappa shape index (κ2) is 6.42. The van der Waals surface area contributed by atoms with E-state index in [9.17, 15) is 9.59 Å². The first-order valence-corrected chi connectivity index (χ1v) is 3.97. The van der Waals surface area contributed by atoms with Crippen molar-refractivity contribution in [3.63, 3.8) is 0 Å². The standard InChI is InChI=1S/C8H15NO4/c1-9-6(8(11)13-3)4-5-7(10)12-2/h6,9H,4-5H2,1-3H3. The van der Waals surface area contributed by atoms with Crippen LogP contribution in [0.4, 0.5) is 0 Å². The van der Waals surface area contributed by atoms with Crippen molar-refractivity contribution in [2.75, 3.05) is 21.3 Å². The van der Waals surface area contributed by atoms with Gasteiger partial charge in [0.1, 0.15) is 6.04 Å². The van der Waals surface area contributed by atoms with E-state index in [-0.39, 0.29) is 18.4 Å². The van der Waals surface area contributed by atoms with Gasteiger partial charge in [0.25, 0.3) is 0 Å². The van der Waals surface area contributed by atoms with Gasteiger partial charge in [-0.3, -0.25) is 9.59 Å². The van der Waals surface area contributed by atoms with E-state index in [1.807, 2.05) is 0 Å². The van der Waals surface area contributed by atoms with E-state index in [4.69, 9.17) is 0 Å². The number of likely N-dealkylation sites (N-methyl/N-ethyl adjacent to an activating group) is 1. The summed E-state index contributed by atoms with van der Waals surface area (Å²) in [6.45, 7) is 0. The molecule has 0 rings (SSSR count). The summed E-state index contributed by atoms with van der Waals surface area (Å²) < 4.78 is 8.96. The number of esters is 2. The van der Waals surface area contributed by atoms with Crippen molar-refractivity contribution in [3.8, 4) is 0 Å². The largest absolute Gasteiger partial charge is 0.469 e. The molecule has 0 aliphatic heterocycles. The Labute approximate surface area is 77.4 Å². The molecule has 1 unspecified atom stereocenters. The minimum atomic E-state index is -0.441. The number of nitrogens with one attached hydrogen (secondary N) is 1. The van der Waals surface area contributed by atoms with Gasteiger partial charge in [-0.15, -0.1) is 0 Å². The van der Waals surface area contributed by atoms with Crippen molar-refractivity contribution < 1.29 is 19.1 Å². The lowest BCUT2D eigenvalue weighted by molar-refractivity contribution is -0.144. The van der Waals surface area contributed by atoms with Crippen molar-refractivity contribution >= 4 is 11.9 Å². The quantitative estimate of drug-likeness (QED) is 0.601. The summed E-state index contributed by atoms with van der Waals surface area (Å²) >= 11 is 0. The number of carbonyl (C=O) groups excluding carboxylic acids is 2. The monoisotopic (exact) mass is 189 g/mol. The lowest BCUT2D eigenvalue weighted by Crippen LogP contribution is -2.35. The summed E-state index contributed by atoms with van der Waals surface area (Å²) in [5.74, 6) is -0.699. The van der Waals surface area contributed by atoms with Gasteiger partial charge in [-0.05, 0) is 13.5 Å². The van der Waals surface area contributed by atoms with Crippen molar-refractivity contribution in [3.05, 3.63) is 0 Å². The molecule has 0 radical (unpaired) electrons. The zero-order valence-electron chi connectivity index (χ0n) is 8.12. The first kappa shape index (κ1) is 11.9. The maximum Gasteiger partial charge on any atom is 0.322 e. The third kappa shape index (κ3) is 4.47. The van der Waals surface area contributed by atoms with Gasteiger partial charge >= 0.3 is 11.9 Å². The zero-order chi connectivity index (χ0) is 10.3. The molecule has 5 nitrogen and oxygen atoms in total. The predicted octanol–water partition coefficient (Wildman–Crippen LogP) is -0.299. The number of hydrogen-bond acceptors (Lipinski definition) is 5. The van der Waals surface area contributed by atoms with Gasteiger partial charge in [-0.1, -0.05) is 0 Å². The van der Waals surface area contributed by atoms with Crippen LogP contribution in [0.3, 0.4) is 0 Å². The average Bonchev–Trinajstić information content (AvgIpc) is 2.17. The van der Waals surface area contributed by atoms with E-state index >= 15 is 0 Å². The second-order valence-corrected chi connectivity index (χ2v) is 2.48. The molecule has 0 aromatic rings. The van der Waals surface area contributed by atoms with Crippen LogP contribution in [0.2, 0.25) is 0 Å². The van der Waals surface area contributed by atoms with Crippen LogP contribution in [0.1, 0.15) is 12.8 Å². The highest BCUT2D eigenvalue weighted by Gasteiger charge is 2.17. The molecular formula is C8H15NO4. The Morgan fingerprint density at radius 2 is 1.92 bits per heavy atom. The van der Waals surface area contributed by atoms with Gasteiger partial charge in [-0.2, -0.15) is 0 Å². The molecule has 13 heavy (non-hydrogen) atoms. The van der Waals surface area contributed by atoms with Gasteiger partial charge in [0, 0.05) is 6.42 Å². The van der Waals surface area contributed by atoms with Crippen LogP contribution in [-0.4, -0.2) is 39.2 Å². The zero-order valence-corrected chi connectivity index (χ0v) is 8.12. The molecule has 0 aliphatic rings. The highest BCUT2D eigenvalue weighted by molar-refractivity contribution is 5.77. The van der Waals surface area contributed by atoms with Crippen LogP contribution in [0.15, 0.2) is 0 Å². The average molecular weight is 189 g/mol. The van der Waals surface area contributed by atoms with Gasteiger partial charge in [0.2, 0.25) is 0 Å². The summed E-state index contributed by atoms with van der Waals surface area (Å²) in [7, 11) is 4.26. The Kier molecular flexibility index (Phi) is 5.88. The fourth-order valence-electron chi connectivity index (χ4n) is 0.887. The molecule has 5 heteroatoms. The van der Waals surface area contributed by atoms with E-state index in [0.717, 1.165) is 0 Å². The number of methoxy groups -OCH3 is 2. The van der Waals surface area contributed by atoms with Crippen LogP contribution in [0.25, 0.3) is 0 Å². The minimum Gasteiger partial charge on any atom is -0.469 e. The molecule has 1 atom stereocenters. The number of hydrogen-bond donors (Lipinski definition) is 1. The van der Waals surface area contributed by atoms with E-state index in [1.54, 1.807) is 7.05 Å². The van der Waals surface area contributed by atoms with Crippen LogP contribution < -0.4 is 5.32 Å². The SMILES string of the molecule is CNC(CCC(=O)OC)C(=O)OC. The normalized spacial score (nSPS) is 11.9. The van der Waals surface area contributed by atoms with Crippen LogP contribution in [0.5, 0.6) is 0 Å². The maximum absolute atomic E-state index is 11.0. The van der Waals surface area contributed by atoms with Crippen LogP contribution in [0, 0.1) is 0 Å². The Bertz CT molecular complexity index is 181. The third-order valence-corrected chi connectivity index (χ3v) is 1.70. The highest BCUT2D eigenvalue weighted by atomic mass is 16.5. The smallest absolute Gasteiger partial charge is 0.322 e. The third-order valence-electron chi connectivity index (χ3n) is 1.70. The molecule has 0 bridgehead atoms. The lowest BCUT2D eigenvalue weighted by atomic mass is 10.1. The van der Waals surface area contributed by atoms with Crippen molar-refractivity contribution in [1.29, 1.82) is 0 Å². The van der Waals surface area contributed by atoms with Crippen LogP contribution >= 0.6 is 0 Å². The maximum atomic E-state index is 11.0.